The molecule has 1 aromatic carbocycles. The lowest BCUT2D eigenvalue weighted by molar-refractivity contribution is -0.138. The van der Waals surface area contributed by atoms with Crippen molar-refractivity contribution >= 4 is 17.5 Å². The van der Waals surface area contributed by atoms with Crippen molar-refractivity contribution in [3.05, 3.63) is 29.3 Å². The van der Waals surface area contributed by atoms with Crippen molar-refractivity contribution < 1.29 is 22.8 Å². The van der Waals surface area contributed by atoms with Crippen LogP contribution in [-0.4, -0.2) is 29.3 Å². The number of carbonyl (C=O) groups excluding carboxylic acids is 2. The molecule has 4 nitrogen and oxygen atoms in total. The number of hydrogen-bond donors (Lipinski definition) is 1. The first-order valence-corrected chi connectivity index (χ1v) is 7.89. The number of aryl methyl sites for hydroxylation is 1. The van der Waals surface area contributed by atoms with Gasteiger partial charge in [-0.1, -0.05) is 19.9 Å². The second-order valence-corrected chi connectivity index (χ2v) is 6.40. The molecule has 1 aliphatic rings. The summed E-state index contributed by atoms with van der Waals surface area (Å²) < 4.78 is 39.0. The lowest BCUT2D eigenvalue weighted by Crippen LogP contribution is -2.48. The predicted molar refractivity (Wildman–Crippen MR) is 84.4 cm³/mol. The highest BCUT2D eigenvalue weighted by Gasteiger charge is 2.36. The molecule has 132 valence electrons. The van der Waals surface area contributed by atoms with Crippen LogP contribution in [0.3, 0.4) is 0 Å². The van der Waals surface area contributed by atoms with E-state index in [9.17, 15) is 22.8 Å². The molecule has 1 heterocycles. The van der Waals surface area contributed by atoms with Crippen LogP contribution < -0.4 is 5.32 Å². The van der Waals surface area contributed by atoms with Gasteiger partial charge in [-0.05, 0) is 37.0 Å². The van der Waals surface area contributed by atoms with E-state index in [1.54, 1.807) is 0 Å². The van der Waals surface area contributed by atoms with Gasteiger partial charge in [-0.15, -0.1) is 0 Å². The standard InChI is InChI=1S/C17H21F3N2O2/c1-10(2)15(22-8-4-5-14(22)23)16(24)21-12-7-6-11(3)13(9-12)17(18,19)20/h6-7,9-10,15H,4-5,8H2,1-3H3,(H,21,24)/t15-/m1/s1. The smallest absolute Gasteiger partial charge is 0.330 e. The maximum atomic E-state index is 13.0. The summed E-state index contributed by atoms with van der Waals surface area (Å²) in [6.07, 6.45) is -3.38. The number of anilines is 1. The summed E-state index contributed by atoms with van der Waals surface area (Å²) in [5, 5.41) is 2.53. The lowest BCUT2D eigenvalue weighted by atomic mass is 10.0. The van der Waals surface area contributed by atoms with Gasteiger partial charge < -0.3 is 10.2 Å². The lowest BCUT2D eigenvalue weighted by Gasteiger charge is -2.30. The van der Waals surface area contributed by atoms with Crippen LogP contribution in [-0.2, 0) is 15.8 Å². The molecule has 1 aliphatic heterocycles. The van der Waals surface area contributed by atoms with Crippen molar-refractivity contribution in [3.8, 4) is 0 Å². The quantitative estimate of drug-likeness (QED) is 0.909. The second kappa shape index (κ2) is 6.83. The molecule has 1 N–H and O–H groups in total. The van der Waals surface area contributed by atoms with E-state index in [2.05, 4.69) is 5.32 Å². The highest BCUT2D eigenvalue weighted by Crippen LogP contribution is 2.33. The minimum atomic E-state index is -4.48. The molecule has 0 aromatic heterocycles. The molecule has 2 amide bonds. The number of nitrogens with zero attached hydrogens (tertiary/aromatic N) is 1. The Kier molecular flexibility index (Phi) is 5.20. The Morgan fingerprint density at radius 2 is 1.96 bits per heavy atom. The molecule has 1 fully saturated rings. The molecule has 0 unspecified atom stereocenters. The van der Waals surface area contributed by atoms with Gasteiger partial charge in [0.15, 0.2) is 0 Å². The number of hydrogen-bond acceptors (Lipinski definition) is 2. The van der Waals surface area contributed by atoms with E-state index >= 15 is 0 Å². The summed E-state index contributed by atoms with van der Waals surface area (Å²) in [5.74, 6) is -0.694. The number of benzene rings is 1. The number of amides is 2. The molecule has 24 heavy (non-hydrogen) atoms. The predicted octanol–water partition coefficient (Wildman–Crippen LogP) is 3.60. The zero-order valence-corrected chi connectivity index (χ0v) is 13.9. The zero-order valence-electron chi connectivity index (χ0n) is 13.9. The van der Waals surface area contributed by atoms with Crippen molar-refractivity contribution in [1.29, 1.82) is 0 Å². The van der Waals surface area contributed by atoms with Gasteiger partial charge in [-0.2, -0.15) is 13.2 Å². The van der Waals surface area contributed by atoms with Gasteiger partial charge in [-0.25, -0.2) is 0 Å². The van der Waals surface area contributed by atoms with Crippen molar-refractivity contribution in [2.75, 3.05) is 11.9 Å². The van der Waals surface area contributed by atoms with Gasteiger partial charge in [0.1, 0.15) is 6.04 Å². The first kappa shape index (κ1) is 18.3. The highest BCUT2D eigenvalue weighted by molar-refractivity contribution is 5.97. The number of alkyl halides is 3. The Bertz CT molecular complexity index is 641. The van der Waals surface area contributed by atoms with E-state index in [1.165, 1.54) is 24.0 Å². The number of halogens is 3. The molecular weight excluding hydrogens is 321 g/mol. The van der Waals surface area contributed by atoms with E-state index in [0.717, 1.165) is 6.07 Å². The molecule has 1 saturated heterocycles. The molecule has 1 aromatic rings. The van der Waals surface area contributed by atoms with E-state index < -0.39 is 23.7 Å². The fourth-order valence-corrected chi connectivity index (χ4v) is 2.99. The fourth-order valence-electron chi connectivity index (χ4n) is 2.99. The molecule has 0 radical (unpaired) electrons. The summed E-state index contributed by atoms with van der Waals surface area (Å²) in [6.45, 7) is 5.49. The Hall–Kier alpha value is -2.05. The highest BCUT2D eigenvalue weighted by atomic mass is 19.4. The Balaban J connectivity index is 2.23. The average molecular weight is 342 g/mol. The monoisotopic (exact) mass is 342 g/mol. The number of rotatable bonds is 4. The van der Waals surface area contributed by atoms with Crippen molar-refractivity contribution in [3.63, 3.8) is 0 Å². The molecular formula is C17H21F3N2O2. The van der Waals surface area contributed by atoms with Gasteiger partial charge in [0.05, 0.1) is 5.56 Å². The molecule has 0 spiro atoms. The normalized spacial score (nSPS) is 16.6. The molecule has 2 rings (SSSR count). The largest absolute Gasteiger partial charge is 0.416 e. The van der Waals surface area contributed by atoms with E-state index in [-0.39, 0.29) is 23.1 Å². The fraction of sp³-hybridized carbons (Fsp3) is 0.529. The number of carbonyl (C=O) groups is 2. The van der Waals surface area contributed by atoms with Crippen molar-refractivity contribution in [2.45, 2.75) is 45.8 Å². The topological polar surface area (TPSA) is 49.4 Å². The zero-order chi connectivity index (χ0) is 18.1. The van der Waals surface area contributed by atoms with Crippen LogP contribution in [0.4, 0.5) is 18.9 Å². The Labute approximate surface area is 139 Å². The molecule has 0 aliphatic carbocycles. The number of likely N-dealkylation sites (tertiary alicyclic amines) is 1. The summed E-state index contributed by atoms with van der Waals surface area (Å²) in [7, 11) is 0. The SMILES string of the molecule is Cc1ccc(NC(=O)[C@@H](C(C)C)N2CCCC2=O)cc1C(F)(F)F. The molecule has 1 atom stereocenters. The van der Waals surface area contributed by atoms with Gasteiger partial charge in [-0.3, -0.25) is 9.59 Å². The van der Waals surface area contributed by atoms with Crippen LogP contribution in [0.25, 0.3) is 0 Å². The van der Waals surface area contributed by atoms with Gasteiger partial charge in [0, 0.05) is 18.7 Å². The van der Waals surface area contributed by atoms with Crippen molar-refractivity contribution in [2.24, 2.45) is 5.92 Å². The van der Waals surface area contributed by atoms with Gasteiger partial charge in [0.2, 0.25) is 11.8 Å². The van der Waals surface area contributed by atoms with Crippen LogP contribution in [0.15, 0.2) is 18.2 Å². The third kappa shape index (κ3) is 3.88. The van der Waals surface area contributed by atoms with E-state index in [1.807, 2.05) is 13.8 Å². The maximum absolute atomic E-state index is 13.0. The summed E-state index contributed by atoms with van der Waals surface area (Å²) in [6, 6.07) is 3.00. The second-order valence-electron chi connectivity index (χ2n) is 6.40. The van der Waals surface area contributed by atoms with Crippen LogP contribution in [0, 0.1) is 12.8 Å². The van der Waals surface area contributed by atoms with Crippen LogP contribution >= 0.6 is 0 Å². The van der Waals surface area contributed by atoms with E-state index in [0.29, 0.717) is 19.4 Å². The van der Waals surface area contributed by atoms with Crippen LogP contribution in [0.5, 0.6) is 0 Å². The van der Waals surface area contributed by atoms with Crippen LogP contribution in [0.1, 0.15) is 37.8 Å². The van der Waals surface area contributed by atoms with Crippen LogP contribution in [0.2, 0.25) is 0 Å². The molecule has 0 bridgehead atoms. The van der Waals surface area contributed by atoms with Gasteiger partial charge >= 0.3 is 6.18 Å². The Morgan fingerprint density at radius 1 is 1.29 bits per heavy atom. The minimum absolute atomic E-state index is 0.0789. The maximum Gasteiger partial charge on any atom is 0.416 e. The minimum Gasteiger partial charge on any atom is -0.330 e. The van der Waals surface area contributed by atoms with E-state index in [4.69, 9.17) is 0 Å². The number of nitrogens with one attached hydrogen (secondary N) is 1. The third-order valence-electron chi connectivity index (χ3n) is 4.16. The Morgan fingerprint density at radius 3 is 2.46 bits per heavy atom. The summed E-state index contributed by atoms with van der Waals surface area (Å²) in [4.78, 5) is 26.0. The third-order valence-corrected chi connectivity index (χ3v) is 4.16. The first-order valence-electron chi connectivity index (χ1n) is 7.89. The summed E-state index contributed by atoms with van der Waals surface area (Å²) in [5.41, 5.74) is -0.607. The van der Waals surface area contributed by atoms with Gasteiger partial charge in [0.25, 0.3) is 0 Å². The summed E-state index contributed by atoms with van der Waals surface area (Å²) >= 11 is 0. The first-order chi connectivity index (χ1) is 11.1. The molecule has 0 saturated carbocycles. The molecule has 7 heteroatoms. The van der Waals surface area contributed by atoms with Crippen molar-refractivity contribution in [1.82, 2.24) is 4.90 Å². The average Bonchev–Trinajstić information content (AvgIpc) is 2.86.